The van der Waals surface area contributed by atoms with E-state index in [2.05, 4.69) is 29.4 Å². The standard InChI is InChI=1S/C24H23ClN4O3/c1-15(2)14-32-19-6-4-5-16(11-19)24(30)26-17-7-9-21-22(12-17)28-29(27-21)18-8-10-23(31-3)20(25)13-18/h4-13,15H,14H2,1-3H3,(H,26,30). The van der Waals surface area contributed by atoms with Crippen molar-refractivity contribution in [2.45, 2.75) is 13.8 Å². The molecule has 0 saturated carbocycles. The van der Waals surface area contributed by atoms with Gasteiger partial charge in [0.15, 0.2) is 0 Å². The van der Waals surface area contributed by atoms with E-state index in [4.69, 9.17) is 21.1 Å². The molecule has 1 N–H and O–H groups in total. The molecule has 0 bridgehead atoms. The van der Waals surface area contributed by atoms with Gasteiger partial charge in [0.1, 0.15) is 22.5 Å². The average Bonchev–Trinajstić information content (AvgIpc) is 3.21. The molecule has 164 valence electrons. The number of carbonyl (C=O) groups excluding carboxylic acids is 1. The highest BCUT2D eigenvalue weighted by molar-refractivity contribution is 6.32. The first-order chi connectivity index (χ1) is 15.4. The predicted octanol–water partition coefficient (Wildman–Crippen LogP) is 5.37. The number of nitrogens with zero attached hydrogens (tertiary/aromatic N) is 3. The number of hydrogen-bond donors (Lipinski definition) is 1. The van der Waals surface area contributed by atoms with E-state index in [1.807, 2.05) is 18.2 Å². The highest BCUT2D eigenvalue weighted by atomic mass is 35.5. The molecule has 32 heavy (non-hydrogen) atoms. The summed E-state index contributed by atoms with van der Waals surface area (Å²) in [5, 5.41) is 12.4. The van der Waals surface area contributed by atoms with Gasteiger partial charge in [-0.3, -0.25) is 4.79 Å². The van der Waals surface area contributed by atoms with Crippen molar-refractivity contribution in [1.82, 2.24) is 15.0 Å². The molecular formula is C24H23ClN4O3. The Labute approximate surface area is 190 Å². The van der Waals surface area contributed by atoms with Gasteiger partial charge in [0, 0.05) is 11.3 Å². The highest BCUT2D eigenvalue weighted by Crippen LogP contribution is 2.27. The smallest absolute Gasteiger partial charge is 0.255 e. The van der Waals surface area contributed by atoms with Crippen LogP contribution < -0.4 is 14.8 Å². The van der Waals surface area contributed by atoms with Crippen LogP contribution in [0.1, 0.15) is 24.2 Å². The van der Waals surface area contributed by atoms with Gasteiger partial charge >= 0.3 is 0 Å². The van der Waals surface area contributed by atoms with Gasteiger partial charge in [-0.1, -0.05) is 31.5 Å². The van der Waals surface area contributed by atoms with Crippen LogP contribution in [0.3, 0.4) is 0 Å². The number of rotatable bonds is 7. The quantitative estimate of drug-likeness (QED) is 0.409. The summed E-state index contributed by atoms with van der Waals surface area (Å²) in [6.07, 6.45) is 0. The minimum atomic E-state index is -0.228. The molecule has 1 aromatic heterocycles. The summed E-state index contributed by atoms with van der Waals surface area (Å²) in [6.45, 7) is 4.75. The Bertz CT molecular complexity index is 1270. The van der Waals surface area contributed by atoms with E-state index in [1.165, 1.54) is 4.80 Å². The maximum Gasteiger partial charge on any atom is 0.255 e. The largest absolute Gasteiger partial charge is 0.495 e. The molecule has 8 heteroatoms. The van der Waals surface area contributed by atoms with Crippen LogP contribution in [-0.4, -0.2) is 34.6 Å². The van der Waals surface area contributed by atoms with Crippen LogP contribution in [0, 0.1) is 5.92 Å². The topological polar surface area (TPSA) is 78.3 Å². The van der Waals surface area contributed by atoms with Crippen molar-refractivity contribution in [3.05, 3.63) is 71.2 Å². The molecule has 0 aliphatic rings. The molecule has 0 aliphatic heterocycles. The van der Waals surface area contributed by atoms with E-state index in [9.17, 15) is 4.79 Å². The molecule has 1 heterocycles. The third-order valence-corrected chi connectivity index (χ3v) is 4.98. The van der Waals surface area contributed by atoms with Crippen molar-refractivity contribution in [3.8, 4) is 17.2 Å². The summed E-state index contributed by atoms with van der Waals surface area (Å²) in [7, 11) is 1.56. The lowest BCUT2D eigenvalue weighted by Crippen LogP contribution is -2.12. The zero-order valence-corrected chi connectivity index (χ0v) is 18.8. The number of benzene rings is 3. The zero-order valence-electron chi connectivity index (χ0n) is 18.0. The number of carbonyl (C=O) groups is 1. The molecule has 3 aromatic carbocycles. The third kappa shape index (κ3) is 4.84. The molecular weight excluding hydrogens is 428 g/mol. The molecule has 0 saturated heterocycles. The second-order valence-electron chi connectivity index (χ2n) is 7.70. The summed E-state index contributed by atoms with van der Waals surface area (Å²) >= 11 is 6.21. The first-order valence-electron chi connectivity index (χ1n) is 10.2. The summed E-state index contributed by atoms with van der Waals surface area (Å²) in [4.78, 5) is 14.2. The Morgan fingerprint density at radius 1 is 1.06 bits per heavy atom. The average molecular weight is 451 g/mol. The lowest BCUT2D eigenvalue weighted by molar-refractivity contribution is 0.102. The van der Waals surface area contributed by atoms with Gasteiger partial charge < -0.3 is 14.8 Å². The van der Waals surface area contributed by atoms with Gasteiger partial charge in [0.25, 0.3) is 5.91 Å². The van der Waals surface area contributed by atoms with Crippen LogP contribution >= 0.6 is 11.6 Å². The SMILES string of the molecule is COc1ccc(-n2nc3ccc(NC(=O)c4cccc(OCC(C)C)c4)cc3n2)cc1Cl. The number of hydrogen-bond acceptors (Lipinski definition) is 5. The molecule has 4 aromatic rings. The Balaban J connectivity index is 1.52. The van der Waals surface area contributed by atoms with Crippen LogP contribution in [0.2, 0.25) is 5.02 Å². The number of halogens is 1. The van der Waals surface area contributed by atoms with Gasteiger partial charge in [-0.25, -0.2) is 0 Å². The highest BCUT2D eigenvalue weighted by Gasteiger charge is 2.11. The van der Waals surface area contributed by atoms with Gasteiger partial charge in [-0.05, 0) is 60.5 Å². The number of amides is 1. The first-order valence-corrected chi connectivity index (χ1v) is 10.6. The Morgan fingerprint density at radius 2 is 1.88 bits per heavy atom. The summed E-state index contributed by atoms with van der Waals surface area (Å²) in [5.74, 6) is 1.42. The van der Waals surface area contributed by atoms with Gasteiger partial charge in [-0.2, -0.15) is 4.80 Å². The lowest BCUT2D eigenvalue weighted by atomic mass is 10.2. The fourth-order valence-corrected chi connectivity index (χ4v) is 3.33. The molecule has 0 unspecified atom stereocenters. The number of ether oxygens (including phenoxy) is 2. The number of fused-ring (bicyclic) bond motifs is 1. The van der Waals surface area contributed by atoms with E-state index in [-0.39, 0.29) is 5.91 Å². The van der Waals surface area contributed by atoms with Gasteiger partial charge in [0.2, 0.25) is 0 Å². The van der Waals surface area contributed by atoms with Crippen molar-refractivity contribution in [2.75, 3.05) is 19.0 Å². The number of aromatic nitrogens is 3. The number of nitrogens with one attached hydrogen (secondary N) is 1. The van der Waals surface area contributed by atoms with E-state index >= 15 is 0 Å². The molecule has 1 amide bonds. The van der Waals surface area contributed by atoms with E-state index in [0.717, 1.165) is 0 Å². The van der Waals surface area contributed by atoms with Crippen LogP contribution in [0.5, 0.6) is 11.5 Å². The maximum atomic E-state index is 12.7. The van der Waals surface area contributed by atoms with Crippen LogP contribution in [-0.2, 0) is 0 Å². The van der Waals surface area contributed by atoms with Crippen LogP contribution in [0.15, 0.2) is 60.7 Å². The van der Waals surface area contributed by atoms with Crippen molar-refractivity contribution in [3.63, 3.8) is 0 Å². The van der Waals surface area contributed by atoms with E-state index in [0.29, 0.717) is 57.0 Å². The van der Waals surface area contributed by atoms with Crippen molar-refractivity contribution in [2.24, 2.45) is 5.92 Å². The maximum absolute atomic E-state index is 12.7. The second kappa shape index (κ2) is 9.28. The molecule has 0 radical (unpaired) electrons. The fourth-order valence-electron chi connectivity index (χ4n) is 3.08. The molecule has 0 atom stereocenters. The molecule has 0 spiro atoms. The number of methoxy groups -OCH3 is 1. The van der Waals surface area contributed by atoms with Crippen LogP contribution in [0.4, 0.5) is 5.69 Å². The van der Waals surface area contributed by atoms with Gasteiger partial charge in [-0.15, -0.1) is 10.2 Å². The molecule has 4 rings (SSSR count). The van der Waals surface area contributed by atoms with Gasteiger partial charge in [0.05, 0.1) is 24.4 Å². The van der Waals surface area contributed by atoms with Crippen molar-refractivity contribution >= 4 is 34.2 Å². The van der Waals surface area contributed by atoms with Crippen molar-refractivity contribution in [1.29, 1.82) is 0 Å². The predicted molar refractivity (Wildman–Crippen MR) is 125 cm³/mol. The van der Waals surface area contributed by atoms with Crippen LogP contribution in [0.25, 0.3) is 16.7 Å². The number of anilines is 1. The summed E-state index contributed by atoms with van der Waals surface area (Å²) < 4.78 is 10.9. The minimum absolute atomic E-state index is 0.228. The molecule has 0 fully saturated rings. The normalized spacial score (nSPS) is 11.0. The van der Waals surface area contributed by atoms with E-state index < -0.39 is 0 Å². The van der Waals surface area contributed by atoms with Crippen molar-refractivity contribution < 1.29 is 14.3 Å². The monoisotopic (exact) mass is 450 g/mol. The Hall–Kier alpha value is -3.58. The summed E-state index contributed by atoms with van der Waals surface area (Å²) in [6, 6.07) is 17.8. The second-order valence-corrected chi connectivity index (χ2v) is 8.11. The Kier molecular flexibility index (Phi) is 6.28. The lowest BCUT2D eigenvalue weighted by Gasteiger charge is -2.10. The minimum Gasteiger partial charge on any atom is -0.495 e. The first kappa shape index (κ1) is 21.6. The van der Waals surface area contributed by atoms with E-state index in [1.54, 1.807) is 49.6 Å². The zero-order chi connectivity index (χ0) is 22.7. The molecule has 0 aliphatic carbocycles. The molecule has 7 nitrogen and oxygen atoms in total. The fraction of sp³-hybridized carbons (Fsp3) is 0.208. The summed E-state index contributed by atoms with van der Waals surface area (Å²) in [5.41, 5.74) is 3.18. The third-order valence-electron chi connectivity index (χ3n) is 4.68. The Morgan fingerprint density at radius 3 is 2.62 bits per heavy atom.